The lowest BCUT2D eigenvalue weighted by atomic mass is 10.2. The van der Waals surface area contributed by atoms with E-state index >= 15 is 0 Å². The average molecular weight is 381 g/mol. The average Bonchev–Trinajstić information content (AvgIpc) is 2.62. The Morgan fingerprint density at radius 3 is 2.40 bits per heavy atom. The number of sulfonamides is 1. The summed E-state index contributed by atoms with van der Waals surface area (Å²) in [5.74, 6) is 0.311. The number of anilines is 1. The molecule has 1 fully saturated rings. The summed E-state index contributed by atoms with van der Waals surface area (Å²) in [4.78, 5) is 2.32. The maximum atomic E-state index is 13.0. The Kier molecular flexibility index (Phi) is 5.22. The summed E-state index contributed by atoms with van der Waals surface area (Å²) in [6, 6.07) is 12.9. The Bertz CT molecular complexity index is 862. The lowest BCUT2D eigenvalue weighted by Gasteiger charge is -2.35. The van der Waals surface area contributed by atoms with Gasteiger partial charge in [-0.3, -0.25) is 0 Å². The van der Waals surface area contributed by atoms with E-state index in [1.165, 1.54) is 23.0 Å². The molecule has 0 N–H and O–H groups in total. The van der Waals surface area contributed by atoms with E-state index in [0.717, 1.165) is 5.69 Å². The molecule has 0 aromatic heterocycles. The van der Waals surface area contributed by atoms with E-state index in [2.05, 4.69) is 30.0 Å². The largest absolute Gasteiger partial charge is 0.495 e. The molecular formula is C18H21ClN2O3S. The van der Waals surface area contributed by atoms with Gasteiger partial charge in [0.2, 0.25) is 10.0 Å². The highest BCUT2D eigenvalue weighted by Crippen LogP contribution is 2.30. The molecule has 134 valence electrons. The molecule has 0 bridgehead atoms. The summed E-state index contributed by atoms with van der Waals surface area (Å²) in [7, 11) is -2.19. The van der Waals surface area contributed by atoms with Gasteiger partial charge < -0.3 is 9.64 Å². The minimum absolute atomic E-state index is 0.117. The van der Waals surface area contributed by atoms with Crippen LogP contribution in [0, 0.1) is 6.92 Å². The van der Waals surface area contributed by atoms with Gasteiger partial charge in [-0.15, -0.1) is 0 Å². The van der Waals surface area contributed by atoms with Crippen LogP contribution in [0.25, 0.3) is 0 Å². The second-order valence-electron chi connectivity index (χ2n) is 6.03. The van der Waals surface area contributed by atoms with E-state index in [-0.39, 0.29) is 4.90 Å². The summed E-state index contributed by atoms with van der Waals surface area (Å²) < 4.78 is 32.7. The number of rotatable bonds is 4. The predicted molar refractivity (Wildman–Crippen MR) is 100 cm³/mol. The third-order valence-electron chi connectivity index (χ3n) is 4.35. The smallest absolute Gasteiger partial charge is 0.246 e. The number of hydrogen-bond donors (Lipinski definition) is 0. The molecular weight excluding hydrogens is 360 g/mol. The van der Waals surface area contributed by atoms with Crippen LogP contribution in [0.4, 0.5) is 5.69 Å². The van der Waals surface area contributed by atoms with E-state index in [1.807, 2.05) is 6.07 Å². The van der Waals surface area contributed by atoms with Crippen LogP contribution < -0.4 is 9.64 Å². The first-order valence-electron chi connectivity index (χ1n) is 8.07. The van der Waals surface area contributed by atoms with Crippen molar-refractivity contribution in [2.75, 3.05) is 38.2 Å². The monoisotopic (exact) mass is 380 g/mol. The molecule has 1 saturated heterocycles. The highest BCUT2D eigenvalue weighted by atomic mass is 35.5. The van der Waals surface area contributed by atoms with Gasteiger partial charge in [-0.25, -0.2) is 8.42 Å². The first-order chi connectivity index (χ1) is 11.9. The van der Waals surface area contributed by atoms with Crippen molar-refractivity contribution in [1.82, 2.24) is 4.31 Å². The molecule has 0 saturated carbocycles. The van der Waals surface area contributed by atoms with E-state index in [1.54, 1.807) is 12.1 Å². The number of nitrogens with zero attached hydrogens (tertiary/aromatic N) is 2. The van der Waals surface area contributed by atoms with Gasteiger partial charge in [0.15, 0.2) is 0 Å². The second kappa shape index (κ2) is 7.23. The quantitative estimate of drug-likeness (QED) is 0.817. The van der Waals surface area contributed by atoms with E-state index in [9.17, 15) is 8.42 Å². The molecule has 7 heteroatoms. The standard InChI is InChI=1S/C18H21ClN2O3S/c1-14-4-3-5-16(12-14)20-8-10-21(11-9-20)25(22,23)18-13-15(19)6-7-17(18)24-2/h3-7,12-13H,8-11H2,1-2H3. The van der Waals surface area contributed by atoms with Crippen molar-refractivity contribution >= 4 is 27.3 Å². The lowest BCUT2D eigenvalue weighted by molar-refractivity contribution is 0.374. The molecule has 0 amide bonds. The van der Waals surface area contributed by atoms with Crippen molar-refractivity contribution in [3.05, 3.63) is 53.1 Å². The Balaban J connectivity index is 1.79. The molecule has 1 aliphatic rings. The van der Waals surface area contributed by atoms with Crippen LogP contribution in [0.1, 0.15) is 5.56 Å². The molecule has 3 rings (SSSR count). The third-order valence-corrected chi connectivity index (χ3v) is 6.50. The Hall–Kier alpha value is -1.76. The van der Waals surface area contributed by atoms with Gasteiger partial charge >= 0.3 is 0 Å². The summed E-state index contributed by atoms with van der Waals surface area (Å²) in [5, 5.41) is 0.373. The third kappa shape index (κ3) is 3.76. The number of hydrogen-bond acceptors (Lipinski definition) is 4. The maximum absolute atomic E-state index is 13.0. The van der Waals surface area contributed by atoms with Gasteiger partial charge in [-0.1, -0.05) is 23.7 Å². The molecule has 0 radical (unpaired) electrons. The Labute approximate surface area is 153 Å². The first-order valence-corrected chi connectivity index (χ1v) is 9.89. The summed E-state index contributed by atoms with van der Waals surface area (Å²) in [6.07, 6.45) is 0. The van der Waals surface area contributed by atoms with E-state index in [0.29, 0.717) is 37.0 Å². The highest BCUT2D eigenvalue weighted by molar-refractivity contribution is 7.89. The second-order valence-corrected chi connectivity index (χ2v) is 8.37. The Morgan fingerprint density at radius 1 is 1.04 bits per heavy atom. The zero-order valence-electron chi connectivity index (χ0n) is 14.3. The highest BCUT2D eigenvalue weighted by Gasteiger charge is 2.31. The molecule has 1 aliphatic heterocycles. The van der Waals surface area contributed by atoms with Crippen molar-refractivity contribution in [1.29, 1.82) is 0 Å². The minimum atomic E-state index is -3.64. The number of ether oxygens (including phenoxy) is 1. The van der Waals surface area contributed by atoms with Gasteiger partial charge in [-0.05, 0) is 42.8 Å². The number of piperazine rings is 1. The van der Waals surface area contributed by atoms with Crippen molar-refractivity contribution in [3.8, 4) is 5.75 Å². The topological polar surface area (TPSA) is 49.9 Å². The number of aryl methyl sites for hydroxylation is 1. The van der Waals surface area contributed by atoms with Gasteiger partial charge in [0.25, 0.3) is 0 Å². The fourth-order valence-corrected chi connectivity index (χ4v) is 4.84. The van der Waals surface area contributed by atoms with Crippen molar-refractivity contribution < 1.29 is 13.2 Å². The Morgan fingerprint density at radius 2 is 1.76 bits per heavy atom. The summed E-state index contributed by atoms with van der Waals surface area (Å²) in [6.45, 7) is 4.19. The van der Waals surface area contributed by atoms with E-state index in [4.69, 9.17) is 16.3 Å². The first kappa shape index (κ1) is 18.0. The molecule has 25 heavy (non-hydrogen) atoms. The van der Waals surface area contributed by atoms with Gasteiger partial charge in [0.1, 0.15) is 10.6 Å². The van der Waals surface area contributed by atoms with Crippen LogP contribution in [-0.2, 0) is 10.0 Å². The fourth-order valence-electron chi connectivity index (χ4n) is 3.00. The predicted octanol–water partition coefficient (Wildman–Crippen LogP) is 3.17. The number of halogens is 1. The number of methoxy groups -OCH3 is 1. The molecule has 0 spiro atoms. The van der Waals surface area contributed by atoms with Crippen molar-refractivity contribution in [2.45, 2.75) is 11.8 Å². The zero-order valence-corrected chi connectivity index (χ0v) is 15.8. The lowest BCUT2D eigenvalue weighted by Crippen LogP contribution is -2.48. The SMILES string of the molecule is COc1ccc(Cl)cc1S(=O)(=O)N1CCN(c2cccc(C)c2)CC1. The van der Waals surface area contributed by atoms with Crippen molar-refractivity contribution in [2.24, 2.45) is 0 Å². The molecule has 0 atom stereocenters. The van der Waals surface area contributed by atoms with Gasteiger partial charge in [0.05, 0.1) is 7.11 Å². The molecule has 2 aromatic carbocycles. The fraction of sp³-hybridized carbons (Fsp3) is 0.333. The van der Waals surface area contributed by atoms with Crippen molar-refractivity contribution in [3.63, 3.8) is 0 Å². The summed E-state index contributed by atoms with van der Waals surface area (Å²) in [5.41, 5.74) is 2.31. The van der Waals surface area contributed by atoms with E-state index < -0.39 is 10.0 Å². The molecule has 5 nitrogen and oxygen atoms in total. The normalized spacial score (nSPS) is 16.0. The van der Waals surface area contributed by atoms with Gasteiger partial charge in [-0.2, -0.15) is 4.31 Å². The minimum Gasteiger partial charge on any atom is -0.495 e. The van der Waals surface area contributed by atoms with Crippen LogP contribution >= 0.6 is 11.6 Å². The number of benzene rings is 2. The van der Waals surface area contributed by atoms with Gasteiger partial charge in [0, 0.05) is 36.9 Å². The van der Waals surface area contributed by atoms with Crippen LogP contribution in [-0.4, -0.2) is 46.0 Å². The molecule has 1 heterocycles. The van der Waals surface area contributed by atoms with Crippen LogP contribution in [0.3, 0.4) is 0 Å². The van der Waals surface area contributed by atoms with Crippen LogP contribution in [0.15, 0.2) is 47.4 Å². The summed E-state index contributed by atoms with van der Waals surface area (Å²) >= 11 is 5.99. The molecule has 2 aromatic rings. The van der Waals surface area contributed by atoms with Crippen LogP contribution in [0.2, 0.25) is 5.02 Å². The molecule has 0 aliphatic carbocycles. The van der Waals surface area contributed by atoms with Crippen LogP contribution in [0.5, 0.6) is 5.75 Å². The maximum Gasteiger partial charge on any atom is 0.246 e. The molecule has 0 unspecified atom stereocenters. The zero-order chi connectivity index (χ0) is 18.0.